The zero-order chi connectivity index (χ0) is 26.3. The van der Waals surface area contributed by atoms with Crippen LogP contribution in [0.25, 0.3) is 22.1 Å². The molecule has 0 spiro atoms. The minimum atomic E-state index is -0.533. The highest BCUT2D eigenvalue weighted by atomic mass is 16.6. The Morgan fingerprint density at radius 3 is 2.39 bits per heavy atom. The molecule has 0 radical (unpaired) electrons. The Hall–Kier alpha value is -3.81. The van der Waals surface area contributed by atoms with Crippen molar-refractivity contribution in [3.63, 3.8) is 0 Å². The van der Waals surface area contributed by atoms with Crippen LogP contribution in [0.15, 0.2) is 51.7 Å². The number of alkyl carbamates (subject to hydrolysis) is 1. The first-order chi connectivity index (χ1) is 17.1. The quantitative estimate of drug-likeness (QED) is 0.174. The van der Waals surface area contributed by atoms with Crippen LogP contribution in [-0.4, -0.2) is 31.3 Å². The minimum Gasteiger partial charge on any atom is -0.497 e. The molecule has 0 fully saturated rings. The second-order valence-electron chi connectivity index (χ2n) is 9.49. The van der Waals surface area contributed by atoms with Crippen molar-refractivity contribution in [2.45, 2.75) is 59.0 Å². The van der Waals surface area contributed by atoms with Crippen molar-refractivity contribution < 1.29 is 28.2 Å². The van der Waals surface area contributed by atoms with Gasteiger partial charge in [0.2, 0.25) is 0 Å². The molecule has 3 aromatic rings. The summed E-state index contributed by atoms with van der Waals surface area (Å²) in [6.45, 7) is 7.66. The summed E-state index contributed by atoms with van der Waals surface area (Å²) >= 11 is 0. The third kappa shape index (κ3) is 7.34. The normalized spacial score (nSPS) is 11.2. The van der Waals surface area contributed by atoms with Gasteiger partial charge in [0, 0.05) is 30.0 Å². The largest absolute Gasteiger partial charge is 0.497 e. The number of amides is 1. The summed E-state index contributed by atoms with van der Waals surface area (Å²) in [5, 5.41) is 3.44. The second-order valence-corrected chi connectivity index (χ2v) is 9.49. The number of carbonyl (C=O) groups excluding carboxylic acids is 2. The average molecular weight is 496 g/mol. The summed E-state index contributed by atoms with van der Waals surface area (Å²) in [7, 11) is 1.59. The lowest BCUT2D eigenvalue weighted by Crippen LogP contribution is -2.33. The molecule has 0 saturated heterocycles. The predicted molar refractivity (Wildman–Crippen MR) is 138 cm³/mol. The van der Waals surface area contributed by atoms with Crippen molar-refractivity contribution in [2.75, 3.05) is 13.7 Å². The van der Waals surface area contributed by atoms with Gasteiger partial charge in [-0.3, -0.25) is 4.79 Å². The number of fused-ring (bicyclic) bond motifs is 1. The summed E-state index contributed by atoms with van der Waals surface area (Å²) < 4.78 is 21.4. The van der Waals surface area contributed by atoms with E-state index >= 15 is 0 Å². The predicted octanol–water partition coefficient (Wildman–Crippen LogP) is 5.77. The fourth-order valence-electron chi connectivity index (χ4n) is 3.71. The molecule has 1 aromatic heterocycles. The Labute approximate surface area is 210 Å². The molecule has 0 unspecified atom stereocenters. The van der Waals surface area contributed by atoms with Crippen LogP contribution in [0.2, 0.25) is 0 Å². The van der Waals surface area contributed by atoms with Gasteiger partial charge in [-0.2, -0.15) is 0 Å². The molecule has 0 aliphatic rings. The van der Waals surface area contributed by atoms with E-state index in [9.17, 15) is 14.4 Å². The Bertz CT molecular complexity index is 1270. The summed E-state index contributed by atoms with van der Waals surface area (Å²) in [6.07, 6.45) is 1.89. The third-order valence-electron chi connectivity index (χ3n) is 5.46. The van der Waals surface area contributed by atoms with Crippen LogP contribution >= 0.6 is 0 Å². The number of benzene rings is 2. The summed E-state index contributed by atoms with van der Waals surface area (Å²) in [6, 6.07) is 12.4. The Morgan fingerprint density at radius 1 is 1.00 bits per heavy atom. The molecule has 192 valence electrons. The molecule has 2 aromatic carbocycles. The average Bonchev–Trinajstić information content (AvgIpc) is 2.82. The smallest absolute Gasteiger partial charge is 0.407 e. The van der Waals surface area contributed by atoms with Crippen LogP contribution in [0.3, 0.4) is 0 Å². The number of nitrogens with one attached hydrogen (secondary N) is 1. The highest BCUT2D eigenvalue weighted by molar-refractivity contribution is 5.96. The zero-order valence-corrected chi connectivity index (χ0v) is 21.4. The van der Waals surface area contributed by atoms with E-state index in [2.05, 4.69) is 5.32 Å². The van der Waals surface area contributed by atoms with Crippen LogP contribution in [0.5, 0.6) is 11.5 Å². The molecule has 0 bridgehead atoms. The second kappa shape index (κ2) is 11.7. The highest BCUT2D eigenvalue weighted by Crippen LogP contribution is 2.34. The van der Waals surface area contributed by atoms with E-state index in [1.165, 1.54) is 6.07 Å². The first-order valence-electron chi connectivity index (χ1n) is 12.0. The molecule has 1 N–H and O–H groups in total. The SMILES string of the molecule is COc1ccc(-c2cc(=O)oc3c(C)c(OC(=O)CCCCCNC(=O)OC(C)(C)C)ccc23)cc1. The van der Waals surface area contributed by atoms with Gasteiger partial charge in [-0.1, -0.05) is 18.6 Å². The highest BCUT2D eigenvalue weighted by Gasteiger charge is 2.17. The van der Waals surface area contributed by atoms with E-state index < -0.39 is 17.3 Å². The standard InChI is InChI=1S/C28H33NO7/c1-18-23(34-24(30)9-7-6-8-16-29-27(32)36-28(2,3)4)15-14-21-22(17-25(31)35-26(18)21)19-10-12-20(33-5)13-11-19/h10-15,17H,6-9,16H2,1-5H3,(H,29,32). The molecule has 3 rings (SSSR count). The Kier molecular flexibility index (Phi) is 8.74. The number of unbranched alkanes of at least 4 members (excludes halogenated alkanes) is 2. The maximum atomic E-state index is 12.4. The van der Waals surface area contributed by atoms with Gasteiger partial charge in [-0.05, 0) is 75.9 Å². The van der Waals surface area contributed by atoms with Crippen LogP contribution in [-0.2, 0) is 9.53 Å². The van der Waals surface area contributed by atoms with E-state index in [0.717, 1.165) is 35.1 Å². The van der Waals surface area contributed by atoms with Crippen molar-refractivity contribution in [3.05, 3.63) is 58.4 Å². The van der Waals surface area contributed by atoms with E-state index in [4.69, 9.17) is 18.6 Å². The molecule has 0 atom stereocenters. The number of rotatable bonds is 9. The number of esters is 1. The molecule has 8 nitrogen and oxygen atoms in total. The Morgan fingerprint density at radius 2 is 1.72 bits per heavy atom. The number of hydrogen-bond acceptors (Lipinski definition) is 7. The fraction of sp³-hybridized carbons (Fsp3) is 0.393. The number of carbonyl (C=O) groups is 2. The van der Waals surface area contributed by atoms with Gasteiger partial charge < -0.3 is 23.9 Å². The number of hydrogen-bond donors (Lipinski definition) is 1. The van der Waals surface area contributed by atoms with Gasteiger partial charge in [0.25, 0.3) is 0 Å². The Balaban J connectivity index is 1.59. The van der Waals surface area contributed by atoms with Gasteiger partial charge in [0.1, 0.15) is 22.7 Å². The van der Waals surface area contributed by atoms with Gasteiger partial charge in [0.05, 0.1) is 7.11 Å². The first-order valence-corrected chi connectivity index (χ1v) is 12.0. The number of methoxy groups -OCH3 is 1. The lowest BCUT2D eigenvalue weighted by Gasteiger charge is -2.19. The maximum Gasteiger partial charge on any atom is 0.407 e. The molecule has 1 heterocycles. The zero-order valence-electron chi connectivity index (χ0n) is 21.4. The van der Waals surface area contributed by atoms with Crippen LogP contribution in [0.1, 0.15) is 52.0 Å². The summed E-state index contributed by atoms with van der Waals surface area (Å²) in [5.41, 5.74) is 1.51. The van der Waals surface area contributed by atoms with Gasteiger partial charge >= 0.3 is 17.7 Å². The fourth-order valence-corrected chi connectivity index (χ4v) is 3.71. The van der Waals surface area contributed by atoms with Crippen molar-refractivity contribution in [1.82, 2.24) is 5.32 Å². The molecular weight excluding hydrogens is 462 g/mol. The van der Waals surface area contributed by atoms with Gasteiger partial charge in [-0.15, -0.1) is 0 Å². The van der Waals surface area contributed by atoms with E-state index in [1.54, 1.807) is 26.2 Å². The first kappa shape index (κ1) is 26.8. The number of aryl methyl sites for hydroxylation is 1. The van der Waals surface area contributed by atoms with E-state index in [1.807, 2.05) is 45.0 Å². The summed E-state index contributed by atoms with van der Waals surface area (Å²) in [5.74, 6) is 0.705. The van der Waals surface area contributed by atoms with Gasteiger partial charge in [0.15, 0.2) is 0 Å². The molecule has 1 amide bonds. The van der Waals surface area contributed by atoms with Crippen LogP contribution in [0, 0.1) is 6.92 Å². The molecule has 0 saturated carbocycles. The van der Waals surface area contributed by atoms with Crippen molar-refractivity contribution >= 4 is 23.0 Å². The topological polar surface area (TPSA) is 104 Å². The molecule has 0 aliphatic heterocycles. The molecule has 36 heavy (non-hydrogen) atoms. The summed E-state index contributed by atoms with van der Waals surface area (Å²) in [4.78, 5) is 36.3. The molecular formula is C28H33NO7. The van der Waals surface area contributed by atoms with E-state index in [0.29, 0.717) is 29.9 Å². The van der Waals surface area contributed by atoms with Crippen molar-refractivity contribution in [1.29, 1.82) is 0 Å². The monoisotopic (exact) mass is 495 g/mol. The molecule has 8 heteroatoms. The lowest BCUT2D eigenvalue weighted by atomic mass is 10.00. The van der Waals surface area contributed by atoms with Crippen molar-refractivity contribution in [2.24, 2.45) is 0 Å². The minimum absolute atomic E-state index is 0.236. The lowest BCUT2D eigenvalue weighted by molar-refractivity contribution is -0.134. The van der Waals surface area contributed by atoms with Gasteiger partial charge in [-0.25, -0.2) is 9.59 Å². The van der Waals surface area contributed by atoms with Crippen molar-refractivity contribution in [3.8, 4) is 22.6 Å². The molecule has 0 aliphatic carbocycles. The van der Waals surface area contributed by atoms with Crippen LogP contribution in [0.4, 0.5) is 4.79 Å². The maximum absolute atomic E-state index is 12.4. The van der Waals surface area contributed by atoms with E-state index in [-0.39, 0.29) is 12.4 Å². The third-order valence-corrected chi connectivity index (χ3v) is 5.46. The number of ether oxygens (including phenoxy) is 3. The van der Waals surface area contributed by atoms with Crippen LogP contribution < -0.4 is 20.4 Å².